The lowest BCUT2D eigenvalue weighted by Crippen LogP contribution is -2.33. The Bertz CT molecular complexity index is 1100. The van der Waals surface area contributed by atoms with E-state index in [2.05, 4.69) is 31.4 Å². The molecule has 0 bridgehead atoms. The summed E-state index contributed by atoms with van der Waals surface area (Å²) in [6.07, 6.45) is 11.7. The number of aromatic nitrogens is 5. The predicted octanol–water partition coefficient (Wildman–Crippen LogP) is 3.02. The number of nitrogens with one attached hydrogen (secondary N) is 1. The molecule has 0 saturated heterocycles. The third kappa shape index (κ3) is 3.10. The van der Waals surface area contributed by atoms with E-state index in [4.69, 9.17) is 5.73 Å². The second-order valence-corrected chi connectivity index (χ2v) is 7.17. The molecule has 4 aromatic heterocycles. The van der Waals surface area contributed by atoms with E-state index >= 15 is 0 Å². The maximum Gasteiger partial charge on any atom is 0.241 e. The zero-order chi connectivity index (χ0) is 18.2. The molecule has 5 rings (SSSR count). The van der Waals surface area contributed by atoms with Gasteiger partial charge in [-0.2, -0.15) is 0 Å². The van der Waals surface area contributed by atoms with Crippen LogP contribution < -0.4 is 11.1 Å². The van der Waals surface area contributed by atoms with Gasteiger partial charge in [-0.15, -0.1) is 5.10 Å². The Labute approximate surface area is 156 Å². The number of hydrogen-bond donors (Lipinski definition) is 2. The average Bonchev–Trinajstić information content (AvgIpc) is 3.12. The zero-order valence-electron chi connectivity index (χ0n) is 14.9. The van der Waals surface area contributed by atoms with E-state index in [-0.39, 0.29) is 0 Å². The highest BCUT2D eigenvalue weighted by molar-refractivity contribution is 5.86. The van der Waals surface area contributed by atoms with Gasteiger partial charge in [0.1, 0.15) is 0 Å². The van der Waals surface area contributed by atoms with Crippen LogP contribution in [0.5, 0.6) is 0 Å². The number of rotatable bonds is 3. The second kappa shape index (κ2) is 6.59. The first-order valence-corrected chi connectivity index (χ1v) is 9.34. The van der Waals surface area contributed by atoms with Crippen LogP contribution in [0.25, 0.3) is 27.7 Å². The lowest BCUT2D eigenvalue weighted by molar-refractivity contribution is 0.409. The molecule has 1 aliphatic carbocycles. The first-order chi connectivity index (χ1) is 13.3. The van der Waals surface area contributed by atoms with Crippen LogP contribution >= 0.6 is 0 Å². The van der Waals surface area contributed by atoms with E-state index in [1.54, 1.807) is 6.20 Å². The summed E-state index contributed by atoms with van der Waals surface area (Å²) in [5, 5.41) is 9.09. The van der Waals surface area contributed by atoms with E-state index in [0.29, 0.717) is 18.0 Å². The van der Waals surface area contributed by atoms with Gasteiger partial charge in [0.05, 0.1) is 11.7 Å². The molecule has 4 heterocycles. The first kappa shape index (κ1) is 16.1. The summed E-state index contributed by atoms with van der Waals surface area (Å²) in [4.78, 5) is 13.3. The largest absolute Gasteiger partial charge is 0.350 e. The van der Waals surface area contributed by atoms with Crippen LogP contribution in [-0.2, 0) is 0 Å². The molecule has 1 saturated carbocycles. The van der Waals surface area contributed by atoms with E-state index in [0.717, 1.165) is 53.4 Å². The maximum absolute atomic E-state index is 5.99. The molecule has 7 nitrogen and oxygen atoms in total. The smallest absolute Gasteiger partial charge is 0.241 e. The third-order valence-corrected chi connectivity index (χ3v) is 5.29. The highest BCUT2D eigenvalue weighted by Gasteiger charge is 2.19. The molecular weight excluding hydrogens is 338 g/mol. The van der Waals surface area contributed by atoms with Crippen molar-refractivity contribution in [2.75, 3.05) is 5.32 Å². The van der Waals surface area contributed by atoms with Gasteiger partial charge in [0.2, 0.25) is 5.95 Å². The number of hydrogen-bond acceptors (Lipinski definition) is 6. The van der Waals surface area contributed by atoms with Crippen LogP contribution in [0.4, 0.5) is 5.95 Å². The van der Waals surface area contributed by atoms with Gasteiger partial charge in [-0.25, -0.2) is 19.5 Å². The Morgan fingerprint density at radius 1 is 1.04 bits per heavy atom. The number of nitrogens with two attached hydrogens (primary N) is 1. The minimum absolute atomic E-state index is 0.337. The molecule has 0 aromatic carbocycles. The Balaban J connectivity index is 1.44. The SMILES string of the molecule is N[C@H]1CC[C@@H](Nc2ncc3c(-c4cnc5ncccc5c4)ccn3n2)CC1. The van der Waals surface area contributed by atoms with Crippen LogP contribution in [0.2, 0.25) is 0 Å². The van der Waals surface area contributed by atoms with E-state index in [1.165, 1.54) is 0 Å². The Morgan fingerprint density at radius 3 is 2.81 bits per heavy atom. The molecular formula is C20H21N7. The molecule has 4 aromatic rings. The van der Waals surface area contributed by atoms with Crippen LogP contribution in [0.3, 0.4) is 0 Å². The molecule has 0 atom stereocenters. The summed E-state index contributed by atoms with van der Waals surface area (Å²) >= 11 is 0. The molecule has 1 fully saturated rings. The van der Waals surface area contributed by atoms with Crippen molar-refractivity contribution >= 4 is 22.5 Å². The minimum Gasteiger partial charge on any atom is -0.350 e. The summed E-state index contributed by atoms with van der Waals surface area (Å²) in [5.41, 5.74) is 9.78. The molecule has 0 amide bonds. The predicted molar refractivity (Wildman–Crippen MR) is 105 cm³/mol. The lowest BCUT2D eigenvalue weighted by Gasteiger charge is -2.26. The van der Waals surface area contributed by atoms with Gasteiger partial charge in [-0.3, -0.25) is 0 Å². The van der Waals surface area contributed by atoms with E-state index in [1.807, 2.05) is 41.3 Å². The van der Waals surface area contributed by atoms with Crippen LogP contribution in [-0.4, -0.2) is 36.6 Å². The second-order valence-electron chi connectivity index (χ2n) is 7.17. The Kier molecular flexibility index (Phi) is 3.94. The van der Waals surface area contributed by atoms with Gasteiger partial charge in [0.25, 0.3) is 0 Å². The monoisotopic (exact) mass is 359 g/mol. The quantitative estimate of drug-likeness (QED) is 0.584. The summed E-state index contributed by atoms with van der Waals surface area (Å²) in [7, 11) is 0. The van der Waals surface area contributed by atoms with Crippen molar-refractivity contribution in [2.24, 2.45) is 5.73 Å². The lowest BCUT2D eigenvalue weighted by atomic mass is 9.92. The highest BCUT2D eigenvalue weighted by Crippen LogP contribution is 2.27. The van der Waals surface area contributed by atoms with Crippen molar-refractivity contribution < 1.29 is 0 Å². The molecule has 3 N–H and O–H groups in total. The van der Waals surface area contributed by atoms with Crippen molar-refractivity contribution in [1.29, 1.82) is 0 Å². The van der Waals surface area contributed by atoms with Crippen molar-refractivity contribution in [3.05, 3.63) is 49.1 Å². The van der Waals surface area contributed by atoms with Gasteiger partial charge >= 0.3 is 0 Å². The zero-order valence-corrected chi connectivity index (χ0v) is 14.9. The van der Waals surface area contributed by atoms with Crippen molar-refractivity contribution in [1.82, 2.24) is 24.6 Å². The summed E-state index contributed by atoms with van der Waals surface area (Å²) in [6, 6.07) is 8.82. The molecule has 0 aliphatic heterocycles. The molecule has 0 unspecified atom stereocenters. The summed E-state index contributed by atoms with van der Waals surface area (Å²) in [5.74, 6) is 0.658. The maximum atomic E-state index is 5.99. The molecule has 0 spiro atoms. The molecule has 136 valence electrons. The number of nitrogens with zero attached hydrogens (tertiary/aromatic N) is 5. The number of pyridine rings is 2. The summed E-state index contributed by atoms with van der Waals surface area (Å²) in [6.45, 7) is 0. The van der Waals surface area contributed by atoms with Crippen LogP contribution in [0.15, 0.2) is 49.1 Å². The molecule has 1 aliphatic rings. The normalized spacial score (nSPS) is 20.2. The molecule has 0 radical (unpaired) electrons. The summed E-state index contributed by atoms with van der Waals surface area (Å²) < 4.78 is 1.87. The van der Waals surface area contributed by atoms with Crippen molar-refractivity contribution in [2.45, 2.75) is 37.8 Å². The average molecular weight is 359 g/mol. The third-order valence-electron chi connectivity index (χ3n) is 5.29. The van der Waals surface area contributed by atoms with Gasteiger partial charge in [0.15, 0.2) is 5.65 Å². The van der Waals surface area contributed by atoms with Gasteiger partial charge in [0, 0.05) is 47.2 Å². The fourth-order valence-corrected chi connectivity index (χ4v) is 3.77. The van der Waals surface area contributed by atoms with Gasteiger partial charge < -0.3 is 11.1 Å². The van der Waals surface area contributed by atoms with Crippen molar-refractivity contribution in [3.8, 4) is 11.1 Å². The fraction of sp³-hybridized carbons (Fsp3) is 0.300. The van der Waals surface area contributed by atoms with Gasteiger partial charge in [-0.1, -0.05) is 0 Å². The Morgan fingerprint density at radius 2 is 1.93 bits per heavy atom. The number of anilines is 1. The van der Waals surface area contributed by atoms with Gasteiger partial charge in [-0.05, 0) is 49.9 Å². The topological polar surface area (TPSA) is 94.0 Å². The van der Waals surface area contributed by atoms with E-state index in [9.17, 15) is 0 Å². The van der Waals surface area contributed by atoms with Crippen LogP contribution in [0.1, 0.15) is 25.7 Å². The molecule has 7 heteroatoms. The molecule has 27 heavy (non-hydrogen) atoms. The van der Waals surface area contributed by atoms with Crippen LogP contribution in [0, 0.1) is 0 Å². The minimum atomic E-state index is 0.337. The van der Waals surface area contributed by atoms with E-state index < -0.39 is 0 Å². The first-order valence-electron chi connectivity index (χ1n) is 9.34. The number of fused-ring (bicyclic) bond motifs is 2. The Hall–Kier alpha value is -3.06. The van der Waals surface area contributed by atoms with Crippen molar-refractivity contribution in [3.63, 3.8) is 0 Å². The highest BCUT2D eigenvalue weighted by atomic mass is 15.3. The standard InChI is InChI=1S/C20H21N7/c21-15-3-5-16(6-4-15)25-20-24-12-18-17(7-9-27(18)26-20)14-10-13-2-1-8-22-19(13)23-11-14/h1-2,7-12,15-16H,3-6,21H2,(H,25,26)/t15-,16+. The fourth-order valence-electron chi connectivity index (χ4n) is 3.77.